The molecule has 0 spiro atoms. The smallest absolute Gasteiger partial charge is 0.336 e. The first-order chi connectivity index (χ1) is 14.3. The van der Waals surface area contributed by atoms with Gasteiger partial charge in [-0.15, -0.1) is 0 Å². The van der Waals surface area contributed by atoms with E-state index in [-0.39, 0.29) is 18.6 Å². The van der Waals surface area contributed by atoms with E-state index in [0.29, 0.717) is 18.0 Å². The van der Waals surface area contributed by atoms with Crippen LogP contribution in [0.5, 0.6) is 11.5 Å². The van der Waals surface area contributed by atoms with Gasteiger partial charge in [-0.05, 0) is 50.6 Å². The minimum absolute atomic E-state index is 0.177. The summed E-state index contributed by atoms with van der Waals surface area (Å²) in [7, 11) is 5.19. The number of aryl methyl sites for hydroxylation is 2. The fraction of sp³-hybridized carbons (Fsp3) is 0.391. The molecule has 1 aliphatic heterocycles. The van der Waals surface area contributed by atoms with Gasteiger partial charge in [0.05, 0.1) is 21.3 Å². The maximum absolute atomic E-state index is 13.0. The van der Waals surface area contributed by atoms with Gasteiger partial charge in [0.2, 0.25) is 0 Å². The van der Waals surface area contributed by atoms with Crippen LogP contribution in [0.3, 0.4) is 0 Å². The number of quaternary nitrogens is 1. The molecule has 0 aromatic heterocycles. The number of carbonyl (C=O) groups is 2. The van der Waals surface area contributed by atoms with Crippen molar-refractivity contribution in [2.75, 3.05) is 32.8 Å². The van der Waals surface area contributed by atoms with Crippen LogP contribution in [0.2, 0.25) is 0 Å². The molecule has 160 valence electrons. The van der Waals surface area contributed by atoms with Crippen molar-refractivity contribution in [3.8, 4) is 11.5 Å². The Bertz CT molecular complexity index is 942. The molecule has 0 radical (unpaired) electrons. The molecule has 1 fully saturated rings. The van der Waals surface area contributed by atoms with Gasteiger partial charge in [0.25, 0.3) is 5.91 Å². The van der Waals surface area contributed by atoms with Crippen LogP contribution < -0.4 is 19.3 Å². The number of benzene rings is 2. The Morgan fingerprint density at radius 2 is 1.60 bits per heavy atom. The molecule has 1 heterocycles. The second kappa shape index (κ2) is 8.75. The molecule has 1 saturated heterocycles. The molecule has 7 nitrogen and oxygen atoms in total. The Labute approximate surface area is 177 Å². The molecule has 2 aromatic rings. The molecule has 3 rings (SSSR count). The average Bonchev–Trinajstić information content (AvgIpc) is 2.93. The third-order valence-corrected chi connectivity index (χ3v) is 5.52. The van der Waals surface area contributed by atoms with E-state index in [2.05, 4.69) is 0 Å². The number of anilines is 1. The normalized spacial score (nSPS) is 17.5. The number of carbonyl (C=O) groups excluding carboxylic acids is 2. The Balaban J connectivity index is 1.75. The lowest BCUT2D eigenvalue weighted by molar-refractivity contribution is -0.901. The van der Waals surface area contributed by atoms with Crippen molar-refractivity contribution in [1.82, 2.24) is 4.90 Å². The lowest BCUT2D eigenvalue weighted by Crippen LogP contribution is -3.09. The molecule has 7 heteroatoms. The highest BCUT2D eigenvalue weighted by Gasteiger charge is 2.44. The predicted molar refractivity (Wildman–Crippen MR) is 115 cm³/mol. The topological polar surface area (TPSA) is 63.5 Å². The van der Waals surface area contributed by atoms with Crippen LogP contribution in [-0.2, 0) is 11.3 Å². The summed E-state index contributed by atoms with van der Waals surface area (Å²) in [6, 6.07) is 10.7. The lowest BCUT2D eigenvalue weighted by Gasteiger charge is -2.22. The van der Waals surface area contributed by atoms with Crippen LogP contribution in [-0.4, -0.2) is 50.8 Å². The number of ether oxygens (including phenoxy) is 2. The predicted octanol–water partition coefficient (Wildman–Crippen LogP) is 2.15. The molecule has 2 atom stereocenters. The second-order valence-electron chi connectivity index (χ2n) is 7.86. The molecule has 2 aromatic carbocycles. The summed E-state index contributed by atoms with van der Waals surface area (Å²) >= 11 is 0. The number of imide groups is 1. The number of rotatable bonds is 7. The van der Waals surface area contributed by atoms with E-state index >= 15 is 0 Å². The van der Waals surface area contributed by atoms with Crippen molar-refractivity contribution in [3.63, 3.8) is 0 Å². The van der Waals surface area contributed by atoms with E-state index in [9.17, 15) is 9.59 Å². The van der Waals surface area contributed by atoms with Crippen LogP contribution in [0.1, 0.15) is 23.6 Å². The highest BCUT2D eigenvalue weighted by Crippen LogP contribution is 2.30. The van der Waals surface area contributed by atoms with Crippen LogP contribution in [0, 0.1) is 13.8 Å². The van der Waals surface area contributed by atoms with E-state index in [0.717, 1.165) is 27.3 Å². The van der Waals surface area contributed by atoms with Gasteiger partial charge in [-0.2, -0.15) is 0 Å². The molecule has 0 bridgehead atoms. The van der Waals surface area contributed by atoms with E-state index in [4.69, 9.17) is 9.47 Å². The first-order valence-electron chi connectivity index (χ1n) is 10.0. The number of urea groups is 1. The van der Waals surface area contributed by atoms with Crippen LogP contribution in [0.25, 0.3) is 0 Å². The molecule has 0 aliphatic carbocycles. The highest BCUT2D eigenvalue weighted by atomic mass is 16.5. The fourth-order valence-corrected chi connectivity index (χ4v) is 3.78. The molecular weight excluding hydrogens is 382 g/mol. The third-order valence-electron chi connectivity index (χ3n) is 5.52. The van der Waals surface area contributed by atoms with Crippen molar-refractivity contribution in [3.05, 3.63) is 53.1 Å². The third kappa shape index (κ3) is 4.11. The minimum atomic E-state index is -0.518. The van der Waals surface area contributed by atoms with Gasteiger partial charge in [-0.3, -0.25) is 9.69 Å². The second-order valence-corrected chi connectivity index (χ2v) is 7.86. The van der Waals surface area contributed by atoms with Crippen LogP contribution >= 0.6 is 0 Å². The quantitative estimate of drug-likeness (QED) is 0.708. The Morgan fingerprint density at radius 1 is 1.00 bits per heavy atom. The molecule has 3 amide bonds. The van der Waals surface area contributed by atoms with Gasteiger partial charge in [-0.25, -0.2) is 9.69 Å². The van der Waals surface area contributed by atoms with E-state index < -0.39 is 6.04 Å². The summed E-state index contributed by atoms with van der Waals surface area (Å²) < 4.78 is 10.8. The van der Waals surface area contributed by atoms with Gasteiger partial charge in [-0.1, -0.05) is 17.7 Å². The van der Waals surface area contributed by atoms with Crippen molar-refractivity contribution >= 4 is 17.6 Å². The summed E-state index contributed by atoms with van der Waals surface area (Å²) in [6.07, 6.45) is 0. The van der Waals surface area contributed by atoms with Gasteiger partial charge in [0.1, 0.15) is 12.6 Å². The van der Waals surface area contributed by atoms with Gasteiger partial charge in [0.15, 0.2) is 18.2 Å². The Hall–Kier alpha value is -3.06. The number of nitrogens with one attached hydrogen (secondary N) is 1. The largest absolute Gasteiger partial charge is 0.493 e. The first kappa shape index (κ1) is 21.6. The van der Waals surface area contributed by atoms with Gasteiger partial charge in [0, 0.05) is 11.3 Å². The number of amides is 3. The van der Waals surface area contributed by atoms with Gasteiger partial charge >= 0.3 is 6.03 Å². The zero-order valence-electron chi connectivity index (χ0n) is 18.5. The number of hydrogen-bond donors (Lipinski definition) is 1. The maximum Gasteiger partial charge on any atom is 0.336 e. The highest BCUT2D eigenvalue weighted by molar-refractivity contribution is 6.13. The number of methoxy groups -OCH3 is 2. The van der Waals surface area contributed by atoms with Crippen molar-refractivity contribution in [2.45, 2.75) is 33.4 Å². The summed E-state index contributed by atoms with van der Waals surface area (Å²) in [5, 5.41) is 0. The zero-order chi connectivity index (χ0) is 22.0. The first-order valence-corrected chi connectivity index (χ1v) is 10.0. The van der Waals surface area contributed by atoms with Crippen LogP contribution in [0.15, 0.2) is 36.4 Å². The molecule has 1 aliphatic rings. The lowest BCUT2D eigenvalue weighted by atomic mass is 10.1. The average molecular weight is 413 g/mol. The minimum Gasteiger partial charge on any atom is -0.493 e. The molecule has 0 saturated carbocycles. The summed E-state index contributed by atoms with van der Waals surface area (Å²) in [6.45, 7) is 6.71. The van der Waals surface area contributed by atoms with Crippen molar-refractivity contribution in [1.29, 1.82) is 0 Å². The van der Waals surface area contributed by atoms with Gasteiger partial charge < -0.3 is 14.4 Å². The Morgan fingerprint density at radius 3 is 2.20 bits per heavy atom. The number of hydrogen-bond acceptors (Lipinski definition) is 4. The molecule has 1 N–H and O–H groups in total. The molecular formula is C23H30N3O4+. The monoisotopic (exact) mass is 412 g/mol. The Kier molecular flexibility index (Phi) is 6.31. The SMILES string of the molecule is COc1cc(C)c(C[NH+](C)CN2C(=O)[C@@H](C)N(c3ccc(C)cc3)C2=O)cc1OC. The molecule has 1 unspecified atom stereocenters. The fourth-order valence-electron chi connectivity index (χ4n) is 3.78. The van der Waals surface area contributed by atoms with Crippen LogP contribution in [0.4, 0.5) is 10.5 Å². The molecule has 30 heavy (non-hydrogen) atoms. The summed E-state index contributed by atoms with van der Waals surface area (Å²) in [5.74, 6) is 1.17. The standard InChI is InChI=1S/C23H29N3O4/c1-15-7-9-19(10-8-15)26-17(3)22(27)25(23(26)28)14-24(4)13-18-12-21(30-6)20(29-5)11-16(18)2/h7-12,17H,13-14H2,1-6H3/p+1/t17-/m1/s1. The van der Waals surface area contributed by atoms with E-state index in [1.807, 2.05) is 57.3 Å². The zero-order valence-corrected chi connectivity index (χ0v) is 18.5. The number of nitrogens with zero attached hydrogens (tertiary/aromatic N) is 2. The van der Waals surface area contributed by atoms with E-state index in [1.54, 1.807) is 26.0 Å². The summed E-state index contributed by atoms with van der Waals surface area (Å²) in [5.41, 5.74) is 3.99. The summed E-state index contributed by atoms with van der Waals surface area (Å²) in [4.78, 5) is 29.8. The maximum atomic E-state index is 13.0. The van der Waals surface area contributed by atoms with Crippen molar-refractivity contribution < 1.29 is 24.0 Å². The van der Waals surface area contributed by atoms with Crippen molar-refractivity contribution in [2.24, 2.45) is 0 Å². The van der Waals surface area contributed by atoms with E-state index in [1.165, 1.54) is 4.90 Å².